The van der Waals surface area contributed by atoms with Crippen molar-refractivity contribution in [2.24, 2.45) is 0 Å². The lowest BCUT2D eigenvalue weighted by molar-refractivity contribution is 1.29. The summed E-state index contributed by atoms with van der Waals surface area (Å²) in [6, 6.07) is 64.8. The van der Waals surface area contributed by atoms with Crippen LogP contribution in [0.5, 0.6) is 0 Å². The van der Waals surface area contributed by atoms with E-state index in [4.69, 9.17) is 0 Å². The molecule has 0 aliphatic carbocycles. The average Bonchev–Trinajstić information content (AvgIpc) is 3.89. The van der Waals surface area contributed by atoms with E-state index in [0.717, 1.165) is 17.1 Å². The van der Waals surface area contributed by atoms with Crippen LogP contribution in [0.25, 0.3) is 82.8 Å². The molecular formula is C48H29NS3. The molecule has 0 atom stereocenters. The fourth-order valence-corrected chi connectivity index (χ4v) is 11.3. The lowest BCUT2D eigenvalue weighted by Gasteiger charge is -2.26. The van der Waals surface area contributed by atoms with Crippen LogP contribution in [-0.2, 0) is 0 Å². The Morgan fingerprint density at radius 3 is 1.73 bits per heavy atom. The molecule has 11 rings (SSSR count). The van der Waals surface area contributed by atoms with E-state index in [1.807, 2.05) is 34.0 Å². The van der Waals surface area contributed by atoms with E-state index in [-0.39, 0.29) is 0 Å². The van der Waals surface area contributed by atoms with E-state index in [1.165, 1.54) is 82.8 Å². The van der Waals surface area contributed by atoms with Crippen molar-refractivity contribution in [3.8, 4) is 22.3 Å². The van der Waals surface area contributed by atoms with Gasteiger partial charge in [-0.25, -0.2) is 0 Å². The van der Waals surface area contributed by atoms with Crippen LogP contribution < -0.4 is 4.90 Å². The van der Waals surface area contributed by atoms with Gasteiger partial charge >= 0.3 is 0 Å². The molecule has 0 radical (unpaired) electrons. The summed E-state index contributed by atoms with van der Waals surface area (Å²) in [7, 11) is 0. The predicted molar refractivity (Wildman–Crippen MR) is 231 cm³/mol. The highest BCUT2D eigenvalue weighted by Gasteiger charge is 2.18. The monoisotopic (exact) mass is 715 g/mol. The normalized spacial score (nSPS) is 11.8. The molecule has 244 valence electrons. The standard InChI is InChI=1S/C48H29NS3/c1-2-9-30(10-3-1)31-17-20-34(21-18-31)49(35-12-8-11-32(27-35)33-19-23-38-37-13-4-6-15-42(37)51-46(38)28-33)36-22-25-44-41(29-36)39-24-26-45-47(48(39)52-44)40-14-5-7-16-43(40)50-45/h1-29H. The Bertz CT molecular complexity index is 3130. The van der Waals surface area contributed by atoms with Crippen molar-refractivity contribution in [2.45, 2.75) is 0 Å². The maximum Gasteiger partial charge on any atom is 0.0468 e. The fourth-order valence-electron chi connectivity index (χ4n) is 7.78. The minimum absolute atomic E-state index is 1.13. The van der Waals surface area contributed by atoms with E-state index in [9.17, 15) is 0 Å². The second kappa shape index (κ2) is 11.9. The zero-order chi connectivity index (χ0) is 34.2. The van der Waals surface area contributed by atoms with E-state index in [1.54, 1.807) is 0 Å². The lowest BCUT2D eigenvalue weighted by atomic mass is 10.0. The van der Waals surface area contributed by atoms with Gasteiger partial charge in [-0.15, -0.1) is 34.0 Å². The highest BCUT2D eigenvalue weighted by atomic mass is 32.1. The molecule has 8 aromatic carbocycles. The van der Waals surface area contributed by atoms with E-state index in [2.05, 4.69) is 181 Å². The summed E-state index contributed by atoms with van der Waals surface area (Å²) in [5, 5.41) is 8.01. The molecular weight excluding hydrogens is 687 g/mol. The van der Waals surface area contributed by atoms with Gasteiger partial charge in [0.2, 0.25) is 0 Å². The van der Waals surface area contributed by atoms with E-state index in [0.29, 0.717) is 0 Å². The number of nitrogens with zero attached hydrogens (tertiary/aromatic N) is 1. The molecule has 0 amide bonds. The molecule has 3 heterocycles. The van der Waals surface area contributed by atoms with Crippen molar-refractivity contribution in [1.82, 2.24) is 0 Å². The first-order valence-electron chi connectivity index (χ1n) is 17.5. The first-order chi connectivity index (χ1) is 25.7. The molecule has 0 saturated heterocycles. The minimum Gasteiger partial charge on any atom is -0.310 e. The molecule has 4 heteroatoms. The highest BCUT2D eigenvalue weighted by molar-refractivity contribution is 7.29. The largest absolute Gasteiger partial charge is 0.310 e. The third-order valence-electron chi connectivity index (χ3n) is 10.3. The van der Waals surface area contributed by atoms with Gasteiger partial charge in [-0.3, -0.25) is 0 Å². The number of benzene rings is 8. The maximum atomic E-state index is 2.41. The molecule has 3 aromatic heterocycles. The van der Waals surface area contributed by atoms with Gasteiger partial charge in [-0.05, 0) is 89.0 Å². The van der Waals surface area contributed by atoms with Gasteiger partial charge in [0.25, 0.3) is 0 Å². The topological polar surface area (TPSA) is 3.24 Å². The summed E-state index contributed by atoms with van der Waals surface area (Å²) < 4.78 is 8.04. The lowest BCUT2D eigenvalue weighted by Crippen LogP contribution is -2.10. The summed E-state index contributed by atoms with van der Waals surface area (Å²) >= 11 is 5.67. The van der Waals surface area contributed by atoms with Crippen LogP contribution in [0.2, 0.25) is 0 Å². The molecule has 0 aliphatic rings. The fraction of sp³-hybridized carbons (Fsp3) is 0. The minimum atomic E-state index is 1.13. The van der Waals surface area contributed by atoms with Crippen LogP contribution in [0.3, 0.4) is 0 Å². The molecule has 11 aromatic rings. The molecule has 0 fully saturated rings. The third kappa shape index (κ3) is 4.80. The molecule has 0 spiro atoms. The Balaban J connectivity index is 1.08. The van der Waals surface area contributed by atoms with Crippen LogP contribution in [0, 0.1) is 0 Å². The van der Waals surface area contributed by atoms with Gasteiger partial charge in [0.15, 0.2) is 0 Å². The second-order valence-corrected chi connectivity index (χ2v) is 16.5. The molecule has 0 saturated carbocycles. The molecule has 0 aliphatic heterocycles. The first-order valence-corrected chi connectivity index (χ1v) is 19.9. The number of rotatable bonds is 5. The highest BCUT2D eigenvalue weighted by Crippen LogP contribution is 2.47. The van der Waals surface area contributed by atoms with Gasteiger partial charge < -0.3 is 4.90 Å². The summed E-state index contributed by atoms with van der Waals surface area (Å²) in [5.41, 5.74) is 8.27. The van der Waals surface area contributed by atoms with Gasteiger partial charge in [-0.2, -0.15) is 0 Å². The zero-order valence-electron chi connectivity index (χ0n) is 27.9. The number of thiophene rings is 3. The van der Waals surface area contributed by atoms with Crippen LogP contribution >= 0.6 is 34.0 Å². The molecule has 0 bridgehead atoms. The van der Waals surface area contributed by atoms with Crippen LogP contribution in [0.1, 0.15) is 0 Å². The second-order valence-electron chi connectivity index (χ2n) is 13.3. The number of hydrogen-bond acceptors (Lipinski definition) is 4. The van der Waals surface area contributed by atoms with Crippen molar-refractivity contribution in [3.05, 3.63) is 176 Å². The molecule has 52 heavy (non-hydrogen) atoms. The smallest absolute Gasteiger partial charge is 0.0468 e. The Kier molecular flexibility index (Phi) is 6.84. The van der Waals surface area contributed by atoms with Crippen LogP contribution in [0.15, 0.2) is 176 Å². The quantitative estimate of drug-likeness (QED) is 0.171. The number of hydrogen-bond donors (Lipinski definition) is 0. The van der Waals surface area contributed by atoms with Crippen molar-refractivity contribution in [3.63, 3.8) is 0 Å². The van der Waals surface area contributed by atoms with Crippen molar-refractivity contribution < 1.29 is 0 Å². The van der Waals surface area contributed by atoms with Gasteiger partial charge in [0.1, 0.15) is 0 Å². The van der Waals surface area contributed by atoms with Gasteiger partial charge in [-0.1, -0.05) is 109 Å². The molecule has 0 N–H and O–H groups in total. The number of fused-ring (bicyclic) bond motifs is 10. The third-order valence-corrected chi connectivity index (χ3v) is 13.7. The summed E-state index contributed by atoms with van der Waals surface area (Å²) in [6.07, 6.45) is 0. The Morgan fingerprint density at radius 1 is 0.288 bits per heavy atom. The Morgan fingerprint density at radius 2 is 0.865 bits per heavy atom. The van der Waals surface area contributed by atoms with Gasteiger partial charge in [0.05, 0.1) is 0 Å². The Hall–Kier alpha value is -5.78. The summed E-state index contributed by atoms with van der Waals surface area (Å²) in [5.74, 6) is 0. The van der Waals surface area contributed by atoms with Crippen LogP contribution in [-0.4, -0.2) is 0 Å². The summed E-state index contributed by atoms with van der Waals surface area (Å²) in [6.45, 7) is 0. The van der Waals surface area contributed by atoms with Crippen molar-refractivity contribution in [2.75, 3.05) is 4.90 Å². The van der Waals surface area contributed by atoms with E-state index >= 15 is 0 Å². The van der Waals surface area contributed by atoms with Gasteiger partial charge in [0, 0.05) is 77.6 Å². The first kappa shape index (κ1) is 29.9. The molecule has 1 nitrogen and oxygen atoms in total. The Labute approximate surface area is 312 Å². The van der Waals surface area contributed by atoms with E-state index < -0.39 is 0 Å². The van der Waals surface area contributed by atoms with Crippen LogP contribution in [0.4, 0.5) is 17.1 Å². The number of anilines is 3. The maximum absolute atomic E-state index is 2.41. The zero-order valence-corrected chi connectivity index (χ0v) is 30.4. The average molecular weight is 716 g/mol. The van der Waals surface area contributed by atoms with Crippen molar-refractivity contribution in [1.29, 1.82) is 0 Å². The summed E-state index contributed by atoms with van der Waals surface area (Å²) in [4.78, 5) is 2.41. The van der Waals surface area contributed by atoms with Crippen molar-refractivity contribution >= 4 is 112 Å². The predicted octanol–water partition coefficient (Wildman–Crippen LogP) is 15.6. The SMILES string of the molecule is c1ccc(-c2ccc(N(c3cccc(-c4ccc5c(c4)sc4ccccc45)c3)c3ccc4sc5c(ccc6sc7ccccc7c65)c4c3)cc2)cc1. The molecule has 0 unspecified atom stereocenters.